The third kappa shape index (κ3) is 5.72. The Morgan fingerprint density at radius 2 is 1.85 bits per heavy atom. The van der Waals surface area contributed by atoms with E-state index in [1.165, 1.54) is 16.5 Å². The van der Waals surface area contributed by atoms with Crippen molar-refractivity contribution < 1.29 is 0 Å². The minimum atomic E-state index is 0. The maximum atomic E-state index is 4.33. The van der Waals surface area contributed by atoms with E-state index in [9.17, 15) is 0 Å². The van der Waals surface area contributed by atoms with E-state index in [4.69, 9.17) is 0 Å². The molecular weight excluding hydrogens is 437 g/mol. The number of para-hydroxylation sites is 1. The predicted molar refractivity (Wildman–Crippen MR) is 119 cm³/mol. The maximum Gasteiger partial charge on any atom is 0.190 e. The van der Waals surface area contributed by atoms with Crippen molar-refractivity contribution in [3.63, 3.8) is 0 Å². The van der Waals surface area contributed by atoms with E-state index in [2.05, 4.69) is 56.1 Å². The lowest BCUT2D eigenvalue weighted by Gasteiger charge is -2.11. The van der Waals surface area contributed by atoms with Gasteiger partial charge in [-0.15, -0.1) is 24.0 Å². The number of benzene rings is 1. The Bertz CT molecular complexity index is 813. The molecule has 0 atom stereocenters. The second-order valence-electron chi connectivity index (χ2n) is 5.96. The van der Waals surface area contributed by atoms with Gasteiger partial charge in [-0.05, 0) is 36.6 Å². The van der Waals surface area contributed by atoms with E-state index in [-0.39, 0.29) is 24.0 Å². The molecule has 0 aliphatic carbocycles. The van der Waals surface area contributed by atoms with Gasteiger partial charge in [0.2, 0.25) is 0 Å². The molecule has 26 heavy (non-hydrogen) atoms. The van der Waals surface area contributed by atoms with Crippen LogP contribution in [0.25, 0.3) is 10.9 Å². The van der Waals surface area contributed by atoms with Crippen LogP contribution >= 0.6 is 24.0 Å². The molecule has 138 valence electrons. The van der Waals surface area contributed by atoms with Crippen molar-refractivity contribution in [2.75, 3.05) is 20.1 Å². The summed E-state index contributed by atoms with van der Waals surface area (Å²) in [5.41, 5.74) is 3.66. The molecule has 1 aromatic carbocycles. The smallest absolute Gasteiger partial charge is 0.190 e. The molecule has 2 aromatic heterocycles. The van der Waals surface area contributed by atoms with Crippen molar-refractivity contribution in [3.8, 4) is 0 Å². The Morgan fingerprint density at radius 1 is 1.04 bits per heavy atom. The third-order valence-electron chi connectivity index (χ3n) is 4.21. The minimum absolute atomic E-state index is 0. The SMILES string of the molecule is CN=C(NCCCc1c[nH]c2ccccc12)NCCc1ccccn1.I. The zero-order valence-electron chi connectivity index (χ0n) is 15.0. The van der Waals surface area contributed by atoms with Crippen LogP contribution in [-0.4, -0.2) is 36.1 Å². The number of nitrogens with zero attached hydrogens (tertiary/aromatic N) is 2. The van der Waals surface area contributed by atoms with E-state index >= 15 is 0 Å². The lowest BCUT2D eigenvalue weighted by Crippen LogP contribution is -2.38. The van der Waals surface area contributed by atoms with Crippen LogP contribution in [-0.2, 0) is 12.8 Å². The highest BCUT2D eigenvalue weighted by Crippen LogP contribution is 2.18. The molecule has 5 nitrogen and oxygen atoms in total. The summed E-state index contributed by atoms with van der Waals surface area (Å²) >= 11 is 0. The first-order chi connectivity index (χ1) is 12.4. The Labute approximate surface area is 171 Å². The number of hydrogen-bond donors (Lipinski definition) is 3. The quantitative estimate of drug-likeness (QED) is 0.218. The number of aromatic amines is 1. The fourth-order valence-corrected chi connectivity index (χ4v) is 2.90. The molecule has 3 aromatic rings. The van der Waals surface area contributed by atoms with E-state index in [1.54, 1.807) is 7.05 Å². The highest BCUT2D eigenvalue weighted by Gasteiger charge is 2.03. The monoisotopic (exact) mass is 463 g/mol. The highest BCUT2D eigenvalue weighted by atomic mass is 127. The molecule has 2 heterocycles. The number of rotatable bonds is 7. The van der Waals surface area contributed by atoms with E-state index in [1.807, 2.05) is 24.4 Å². The van der Waals surface area contributed by atoms with Crippen molar-refractivity contribution >= 4 is 40.8 Å². The van der Waals surface area contributed by atoms with Crippen LogP contribution in [0.5, 0.6) is 0 Å². The number of hydrogen-bond acceptors (Lipinski definition) is 2. The van der Waals surface area contributed by atoms with Crippen molar-refractivity contribution in [1.82, 2.24) is 20.6 Å². The van der Waals surface area contributed by atoms with Crippen LogP contribution in [0.3, 0.4) is 0 Å². The second kappa shape index (κ2) is 10.8. The van der Waals surface area contributed by atoms with Crippen molar-refractivity contribution in [1.29, 1.82) is 0 Å². The van der Waals surface area contributed by atoms with Crippen LogP contribution in [0.4, 0.5) is 0 Å². The molecular formula is C20H26IN5. The largest absolute Gasteiger partial charge is 0.361 e. The Balaban J connectivity index is 0.00000243. The predicted octanol–water partition coefficient (Wildman–Crippen LogP) is 3.52. The Kier molecular flexibility index (Phi) is 8.40. The molecule has 0 fully saturated rings. The van der Waals surface area contributed by atoms with Crippen LogP contribution in [0, 0.1) is 0 Å². The number of aliphatic imine (C=N–C) groups is 1. The van der Waals surface area contributed by atoms with Gasteiger partial charge in [0.1, 0.15) is 0 Å². The van der Waals surface area contributed by atoms with Crippen molar-refractivity contribution in [2.24, 2.45) is 4.99 Å². The van der Waals surface area contributed by atoms with Gasteiger partial charge < -0.3 is 15.6 Å². The zero-order chi connectivity index (χ0) is 17.3. The number of H-pyrrole nitrogens is 1. The maximum absolute atomic E-state index is 4.33. The standard InChI is InChI=1S/C20H25N5.HI/c1-21-20(24-14-11-17-8-4-5-12-22-17)23-13-6-7-16-15-25-19-10-3-2-9-18(16)19;/h2-5,8-10,12,15,25H,6-7,11,13-14H2,1H3,(H2,21,23,24);1H. The normalized spacial score (nSPS) is 11.2. The van der Waals surface area contributed by atoms with E-state index < -0.39 is 0 Å². The average Bonchev–Trinajstić information content (AvgIpc) is 3.08. The fraction of sp³-hybridized carbons (Fsp3) is 0.300. The summed E-state index contributed by atoms with van der Waals surface area (Å²) in [7, 11) is 1.80. The van der Waals surface area contributed by atoms with E-state index in [0.717, 1.165) is 44.0 Å². The number of pyridine rings is 1. The first kappa shape index (κ1) is 20.2. The zero-order valence-corrected chi connectivity index (χ0v) is 17.4. The molecule has 6 heteroatoms. The van der Waals surface area contributed by atoms with Gasteiger partial charge in [-0.1, -0.05) is 24.3 Å². The van der Waals surface area contributed by atoms with Gasteiger partial charge in [-0.3, -0.25) is 9.98 Å². The minimum Gasteiger partial charge on any atom is -0.361 e. The van der Waals surface area contributed by atoms with Gasteiger partial charge in [0.15, 0.2) is 5.96 Å². The summed E-state index contributed by atoms with van der Waals surface area (Å²) in [6.07, 6.45) is 6.93. The van der Waals surface area contributed by atoms with Gasteiger partial charge in [0.05, 0.1) is 0 Å². The fourth-order valence-electron chi connectivity index (χ4n) is 2.90. The molecule has 3 rings (SSSR count). The topological polar surface area (TPSA) is 65.1 Å². The van der Waals surface area contributed by atoms with Crippen LogP contribution in [0.15, 0.2) is 59.9 Å². The molecule has 0 bridgehead atoms. The van der Waals surface area contributed by atoms with Gasteiger partial charge in [-0.25, -0.2) is 0 Å². The molecule has 0 saturated carbocycles. The number of aromatic nitrogens is 2. The van der Waals surface area contributed by atoms with Gasteiger partial charge in [0.25, 0.3) is 0 Å². The average molecular weight is 463 g/mol. The molecule has 3 N–H and O–H groups in total. The number of fused-ring (bicyclic) bond motifs is 1. The van der Waals surface area contributed by atoms with Crippen LogP contribution in [0.2, 0.25) is 0 Å². The number of halogens is 1. The van der Waals surface area contributed by atoms with Gasteiger partial charge in [-0.2, -0.15) is 0 Å². The molecule has 0 saturated heterocycles. The molecule has 0 aliphatic heterocycles. The number of nitrogens with one attached hydrogen (secondary N) is 3. The van der Waals surface area contributed by atoms with E-state index in [0.29, 0.717) is 0 Å². The van der Waals surface area contributed by atoms with Gasteiger partial charge in [0, 0.05) is 55.5 Å². The lowest BCUT2D eigenvalue weighted by atomic mass is 10.1. The van der Waals surface area contributed by atoms with Crippen molar-refractivity contribution in [2.45, 2.75) is 19.3 Å². The van der Waals surface area contributed by atoms with Crippen molar-refractivity contribution in [3.05, 3.63) is 66.1 Å². The van der Waals surface area contributed by atoms with Crippen LogP contribution in [0.1, 0.15) is 17.7 Å². The highest BCUT2D eigenvalue weighted by molar-refractivity contribution is 14.0. The summed E-state index contributed by atoms with van der Waals surface area (Å²) in [4.78, 5) is 11.9. The molecule has 0 aliphatic rings. The molecule has 0 unspecified atom stereocenters. The van der Waals surface area contributed by atoms with Crippen LogP contribution < -0.4 is 10.6 Å². The summed E-state index contributed by atoms with van der Waals surface area (Å²) in [6, 6.07) is 14.4. The van der Waals surface area contributed by atoms with Gasteiger partial charge >= 0.3 is 0 Å². The number of aryl methyl sites for hydroxylation is 1. The summed E-state index contributed by atoms with van der Waals surface area (Å²) in [5, 5.41) is 8.03. The number of guanidine groups is 1. The second-order valence-corrected chi connectivity index (χ2v) is 5.96. The summed E-state index contributed by atoms with van der Waals surface area (Å²) < 4.78 is 0. The molecule has 0 spiro atoms. The Morgan fingerprint density at radius 3 is 2.65 bits per heavy atom. The third-order valence-corrected chi connectivity index (χ3v) is 4.21. The summed E-state index contributed by atoms with van der Waals surface area (Å²) in [5.74, 6) is 0.842. The first-order valence-electron chi connectivity index (χ1n) is 8.76. The molecule has 0 radical (unpaired) electrons. The Hall–Kier alpha value is -2.09. The lowest BCUT2D eigenvalue weighted by molar-refractivity contribution is 0.738. The summed E-state index contributed by atoms with van der Waals surface area (Å²) in [6.45, 7) is 1.71. The molecule has 0 amide bonds. The first-order valence-corrected chi connectivity index (χ1v) is 8.76.